The number of carbonyl (C=O) groups excluding carboxylic acids is 1. The second-order valence-corrected chi connectivity index (χ2v) is 13.1. The number of anilines is 1. The van der Waals surface area contributed by atoms with Crippen molar-refractivity contribution in [2.24, 2.45) is 0 Å². The van der Waals surface area contributed by atoms with Crippen molar-refractivity contribution >= 4 is 34.5 Å². The van der Waals surface area contributed by atoms with Crippen molar-refractivity contribution in [3.8, 4) is 23.1 Å². The zero-order chi connectivity index (χ0) is 34.4. The highest BCUT2D eigenvalue weighted by atomic mass is 32.1. The van der Waals surface area contributed by atoms with E-state index in [1.54, 1.807) is 12.1 Å². The molecular weight excluding hydrogens is 634 g/mol. The Labute approximate surface area is 283 Å². The Kier molecular flexibility index (Phi) is 11.0. The number of hydrogen-bond donors (Lipinski definition) is 2. The van der Waals surface area contributed by atoms with Crippen LogP contribution in [0.3, 0.4) is 0 Å². The predicted molar refractivity (Wildman–Crippen MR) is 184 cm³/mol. The monoisotopic (exact) mass is 674 g/mol. The number of nitrogens with zero attached hydrogens (tertiary/aromatic N) is 5. The van der Waals surface area contributed by atoms with Gasteiger partial charge in [0.05, 0.1) is 23.9 Å². The summed E-state index contributed by atoms with van der Waals surface area (Å²) in [5.74, 6) is -1.18. The first kappa shape index (κ1) is 34.8. The lowest BCUT2D eigenvalue weighted by Gasteiger charge is -2.33. The molecule has 9 nitrogen and oxygen atoms in total. The van der Waals surface area contributed by atoms with Crippen LogP contribution in [-0.2, 0) is 11.3 Å². The van der Waals surface area contributed by atoms with Gasteiger partial charge in [-0.15, -0.1) is 5.01 Å². The van der Waals surface area contributed by atoms with E-state index in [9.17, 15) is 19.6 Å². The number of aliphatic hydroxyl groups excluding tert-OH is 1. The number of aryl methyl sites for hydroxylation is 2. The summed E-state index contributed by atoms with van der Waals surface area (Å²) in [5.41, 5.74) is 4.97. The van der Waals surface area contributed by atoms with Gasteiger partial charge < -0.3 is 15.2 Å². The van der Waals surface area contributed by atoms with Gasteiger partial charge in [0.25, 0.3) is 6.67 Å². The van der Waals surface area contributed by atoms with Gasteiger partial charge in [-0.2, -0.15) is 9.84 Å². The molecule has 250 valence electrons. The third-order valence-corrected chi connectivity index (χ3v) is 8.99. The highest BCUT2D eigenvalue weighted by Gasteiger charge is 2.51. The molecule has 1 aliphatic rings. The number of halogens is 2. The summed E-state index contributed by atoms with van der Waals surface area (Å²) in [6.45, 7) is 9.00. The molecule has 12 heteroatoms. The Morgan fingerprint density at radius 3 is 2.52 bits per heavy atom. The number of aromatic nitrogens is 1. The summed E-state index contributed by atoms with van der Waals surface area (Å²) in [4.78, 5) is 17.4. The maximum absolute atomic E-state index is 15.7. The van der Waals surface area contributed by atoms with Crippen molar-refractivity contribution in [1.82, 2.24) is 14.9 Å². The van der Waals surface area contributed by atoms with Gasteiger partial charge in [-0.1, -0.05) is 41.9 Å². The van der Waals surface area contributed by atoms with Gasteiger partial charge in [-0.05, 0) is 61.7 Å². The summed E-state index contributed by atoms with van der Waals surface area (Å²) in [6.07, 6.45) is 3.00. The Balaban J connectivity index is 1.52. The maximum atomic E-state index is 15.7. The Morgan fingerprint density at radius 2 is 1.88 bits per heavy atom. The van der Waals surface area contributed by atoms with Crippen LogP contribution in [0.4, 0.5) is 19.6 Å². The van der Waals surface area contributed by atoms with Crippen LogP contribution < -0.4 is 19.7 Å². The molecule has 0 spiro atoms. The number of esters is 1. The minimum Gasteiger partial charge on any atom is -0.425 e. The van der Waals surface area contributed by atoms with E-state index in [2.05, 4.69) is 16.0 Å². The molecule has 0 aliphatic carbocycles. The summed E-state index contributed by atoms with van der Waals surface area (Å²) >= 11 is 1.41. The molecule has 1 aromatic heterocycles. The first-order valence-electron chi connectivity index (χ1n) is 15.9. The highest BCUT2D eigenvalue weighted by molar-refractivity contribution is 7.14. The number of nitrogens with one attached hydrogen (secondary N) is 1. The van der Waals surface area contributed by atoms with Gasteiger partial charge >= 0.3 is 12.3 Å². The average Bonchev–Trinajstić information content (AvgIpc) is 3.67. The number of aliphatic hydroxyl groups is 1. The third kappa shape index (κ3) is 7.77. The van der Waals surface area contributed by atoms with Crippen molar-refractivity contribution in [3.63, 3.8) is 0 Å². The number of quaternary nitrogens is 1. The molecule has 0 bridgehead atoms. The third-order valence-electron chi connectivity index (χ3n) is 8.13. The van der Waals surface area contributed by atoms with E-state index in [-0.39, 0.29) is 35.4 Å². The second kappa shape index (κ2) is 15.1. The van der Waals surface area contributed by atoms with Crippen LogP contribution in [0.5, 0.6) is 5.75 Å². The van der Waals surface area contributed by atoms with E-state index in [1.165, 1.54) is 23.5 Å². The summed E-state index contributed by atoms with van der Waals surface area (Å²) < 4.78 is 37.6. The lowest BCUT2D eigenvalue weighted by molar-refractivity contribution is -0.531. The molecule has 0 saturated heterocycles. The largest absolute Gasteiger partial charge is 0.425 e. The van der Waals surface area contributed by atoms with E-state index in [0.29, 0.717) is 54.7 Å². The lowest BCUT2D eigenvalue weighted by Crippen LogP contribution is -2.59. The van der Waals surface area contributed by atoms with Crippen LogP contribution in [0.1, 0.15) is 48.9 Å². The van der Waals surface area contributed by atoms with Crippen LogP contribution in [0.2, 0.25) is 0 Å². The van der Waals surface area contributed by atoms with Crippen molar-refractivity contribution < 1.29 is 28.0 Å². The van der Waals surface area contributed by atoms with Gasteiger partial charge in [-0.3, -0.25) is 4.79 Å². The van der Waals surface area contributed by atoms with Crippen molar-refractivity contribution in [2.75, 3.05) is 31.4 Å². The van der Waals surface area contributed by atoms with E-state index >= 15 is 4.39 Å². The van der Waals surface area contributed by atoms with E-state index in [0.717, 1.165) is 28.3 Å². The molecule has 1 aliphatic heterocycles. The Bertz CT molecular complexity index is 1830. The molecule has 0 saturated carbocycles. The van der Waals surface area contributed by atoms with Gasteiger partial charge in [0.1, 0.15) is 18.1 Å². The Morgan fingerprint density at radius 1 is 1.15 bits per heavy atom. The quantitative estimate of drug-likeness (QED) is 0.0573. The fourth-order valence-electron chi connectivity index (χ4n) is 5.90. The number of thiazole rings is 1. The van der Waals surface area contributed by atoms with E-state index < -0.39 is 11.6 Å². The van der Waals surface area contributed by atoms with Crippen molar-refractivity contribution in [2.45, 2.75) is 53.1 Å². The maximum Gasteiger partial charge on any atom is 0.359 e. The molecular formula is C36H40F2N6O3S+2. The normalized spacial score (nSPS) is 15.9. The molecule has 0 amide bonds. The molecule has 3 aromatic carbocycles. The van der Waals surface area contributed by atoms with Crippen LogP contribution in [0.15, 0.2) is 60.0 Å². The molecule has 2 heterocycles. The van der Waals surface area contributed by atoms with Crippen LogP contribution >= 0.6 is 11.3 Å². The van der Waals surface area contributed by atoms with Crippen LogP contribution in [0, 0.1) is 36.8 Å². The zero-order valence-corrected chi connectivity index (χ0v) is 28.4. The molecule has 1 unspecified atom stereocenters. The zero-order valence-electron chi connectivity index (χ0n) is 27.5. The molecule has 4 aromatic rings. The number of benzene rings is 3. The van der Waals surface area contributed by atoms with Gasteiger partial charge in [0.2, 0.25) is 10.8 Å². The van der Waals surface area contributed by atoms with Crippen LogP contribution in [0.25, 0.3) is 11.3 Å². The van der Waals surface area contributed by atoms with Crippen LogP contribution in [-0.4, -0.2) is 59.4 Å². The van der Waals surface area contributed by atoms with Crippen molar-refractivity contribution in [1.29, 1.82) is 5.26 Å². The molecule has 2 N–H and O–H groups in total. The Hall–Kier alpha value is -4.54. The SMILES string of the molecule is Cc1cc(C[N+]2=C[N+](CCCCO)(c3ccc(F)cc3F)N(c3nc(-c4ccc(C#N)cc4)cs3)C2)cc(C)c1OC(=O)CNC(C)C. The van der Waals surface area contributed by atoms with E-state index in [1.807, 2.05) is 68.7 Å². The molecule has 0 fully saturated rings. The average molecular weight is 675 g/mol. The molecule has 1 atom stereocenters. The molecule has 48 heavy (non-hydrogen) atoms. The topological polar surface area (TPSA) is 101 Å². The fraction of sp³-hybridized carbons (Fsp3) is 0.333. The second-order valence-electron chi connectivity index (χ2n) is 12.3. The number of nitriles is 1. The number of carbonyl (C=O) groups is 1. The first-order valence-corrected chi connectivity index (χ1v) is 16.7. The number of ether oxygens (including phenoxy) is 1. The standard InChI is InChI=1S/C36H40F2N6O3S/c1-24(2)40-19-34(46)47-35-25(3)15-28(16-26(35)4)20-42-22-43(36-41-32(21-48-36)29-9-7-27(18-39)8-10-29)44(23-42,13-5-6-14-45)33-12-11-30(37)17-31(33)38/h7-12,15-17,21,23-24,40,45H,5-6,13-14,19-20,22H2,1-4H3/q+2. The van der Waals surface area contributed by atoms with Gasteiger partial charge in [-0.25, -0.2) is 13.8 Å². The summed E-state index contributed by atoms with van der Waals surface area (Å²) in [7, 11) is 0. The number of unbranched alkanes of at least 4 members (excludes halogenated alkanes) is 1. The number of rotatable bonds is 13. The molecule has 5 rings (SSSR count). The molecule has 0 radical (unpaired) electrons. The lowest BCUT2D eigenvalue weighted by atomic mass is 10.1. The van der Waals surface area contributed by atoms with Gasteiger partial charge in [0, 0.05) is 47.7 Å². The first-order chi connectivity index (χ1) is 23.0. The number of hydrogen-bond acceptors (Lipinski definition) is 8. The minimum absolute atomic E-state index is 0.0152. The smallest absolute Gasteiger partial charge is 0.359 e. The van der Waals surface area contributed by atoms with Crippen molar-refractivity contribution in [3.05, 3.63) is 93.9 Å². The summed E-state index contributed by atoms with van der Waals surface area (Å²) in [5, 5.41) is 26.5. The fourth-order valence-corrected chi connectivity index (χ4v) is 6.79. The summed E-state index contributed by atoms with van der Waals surface area (Å²) in [6, 6.07) is 17.0. The highest BCUT2D eigenvalue weighted by Crippen LogP contribution is 2.38. The minimum atomic E-state index is -0.684. The van der Waals surface area contributed by atoms with E-state index in [4.69, 9.17) is 9.72 Å². The predicted octanol–water partition coefficient (Wildman–Crippen LogP) is 6.19. The van der Waals surface area contributed by atoms with Gasteiger partial charge in [0.15, 0.2) is 12.4 Å².